The number of rotatable bonds is 3. The van der Waals surface area contributed by atoms with Gasteiger partial charge >= 0.3 is 5.97 Å². The molecule has 2 aromatic rings. The summed E-state index contributed by atoms with van der Waals surface area (Å²) in [5, 5.41) is 10.2. The maximum atomic E-state index is 13.3. The summed E-state index contributed by atoms with van der Waals surface area (Å²) in [4.78, 5) is 29.3. The lowest BCUT2D eigenvalue weighted by atomic mass is 9.74. The van der Waals surface area contributed by atoms with E-state index in [9.17, 15) is 14.7 Å². The van der Waals surface area contributed by atoms with E-state index in [0.717, 1.165) is 17.0 Å². The lowest BCUT2D eigenvalue weighted by Gasteiger charge is -2.27. The van der Waals surface area contributed by atoms with Gasteiger partial charge in [0, 0.05) is 38.8 Å². The van der Waals surface area contributed by atoms with E-state index in [4.69, 9.17) is 4.74 Å². The average molecular weight is 380 g/mol. The third-order valence-corrected chi connectivity index (χ3v) is 5.94. The van der Waals surface area contributed by atoms with Crippen LogP contribution in [0.4, 0.5) is 5.69 Å². The number of benzene rings is 2. The number of hydrogen-bond acceptors (Lipinski definition) is 4. The zero-order valence-corrected chi connectivity index (χ0v) is 16.1. The van der Waals surface area contributed by atoms with Crippen molar-refractivity contribution in [3.05, 3.63) is 59.7 Å². The highest BCUT2D eigenvalue weighted by Crippen LogP contribution is 2.44. The van der Waals surface area contributed by atoms with Crippen LogP contribution < -0.4 is 9.64 Å². The van der Waals surface area contributed by atoms with E-state index in [1.165, 1.54) is 0 Å². The minimum Gasteiger partial charge on any atom is -0.493 e. The lowest BCUT2D eigenvalue weighted by molar-refractivity contribution is -0.150. The standard InChI is InChI=1S/C22H24N2O4/c1-23(2)18-9-5-4-8-17(18)20(25)24-12-16-13-28-19-10-6-3-7-15(19)11-22(16,14-24)21(26)27/h3-10,16H,11-14H2,1-2H3,(H,26,27)/t16-,22+/m0/s1. The average Bonchev–Trinajstić information content (AvgIpc) is 2.98. The van der Waals surface area contributed by atoms with Crippen molar-refractivity contribution in [2.24, 2.45) is 11.3 Å². The minimum atomic E-state index is -1.03. The first-order chi connectivity index (χ1) is 13.4. The summed E-state index contributed by atoms with van der Waals surface area (Å²) in [6, 6.07) is 15.0. The Morgan fingerprint density at radius 3 is 2.61 bits per heavy atom. The van der Waals surface area contributed by atoms with Crippen molar-refractivity contribution in [3.8, 4) is 5.75 Å². The number of fused-ring (bicyclic) bond motifs is 2. The van der Waals surface area contributed by atoms with Crippen LogP contribution in [0, 0.1) is 11.3 Å². The smallest absolute Gasteiger partial charge is 0.312 e. The van der Waals surface area contributed by atoms with Crippen molar-refractivity contribution in [1.82, 2.24) is 4.90 Å². The SMILES string of the molecule is CN(C)c1ccccc1C(=O)N1C[C@H]2COc3ccccc3C[C@@]2(C(=O)O)C1. The molecule has 2 aliphatic rings. The first-order valence-corrected chi connectivity index (χ1v) is 9.42. The molecular formula is C22H24N2O4. The highest BCUT2D eigenvalue weighted by molar-refractivity contribution is 6.00. The van der Waals surface area contributed by atoms with Gasteiger partial charge in [0.1, 0.15) is 5.75 Å². The Balaban J connectivity index is 1.68. The van der Waals surface area contributed by atoms with Crippen LogP contribution in [0.5, 0.6) is 5.75 Å². The molecule has 2 heterocycles. The number of anilines is 1. The zero-order valence-electron chi connectivity index (χ0n) is 16.1. The Morgan fingerprint density at radius 1 is 1.14 bits per heavy atom. The predicted molar refractivity (Wildman–Crippen MR) is 106 cm³/mol. The summed E-state index contributed by atoms with van der Waals surface area (Å²) in [6.07, 6.45) is 0.363. The molecule has 4 rings (SSSR count). The summed E-state index contributed by atoms with van der Waals surface area (Å²) >= 11 is 0. The van der Waals surface area contributed by atoms with Crippen LogP contribution in [-0.2, 0) is 11.2 Å². The molecule has 0 aliphatic carbocycles. The van der Waals surface area contributed by atoms with Gasteiger partial charge in [0.2, 0.25) is 0 Å². The van der Waals surface area contributed by atoms with Gasteiger partial charge in [-0.05, 0) is 30.2 Å². The fourth-order valence-corrected chi connectivity index (χ4v) is 4.40. The van der Waals surface area contributed by atoms with E-state index in [1.54, 1.807) is 11.0 Å². The Kier molecular flexibility index (Phi) is 4.49. The molecule has 0 saturated carbocycles. The number of carbonyl (C=O) groups excluding carboxylic acids is 1. The molecule has 2 aliphatic heterocycles. The number of nitrogens with zero attached hydrogens (tertiary/aromatic N) is 2. The third kappa shape index (κ3) is 2.89. The van der Waals surface area contributed by atoms with E-state index >= 15 is 0 Å². The number of carboxylic acids is 1. The number of carbonyl (C=O) groups is 2. The van der Waals surface area contributed by atoms with Gasteiger partial charge in [-0.2, -0.15) is 0 Å². The fraction of sp³-hybridized carbons (Fsp3) is 0.364. The Bertz CT molecular complexity index is 926. The second kappa shape index (κ2) is 6.86. The minimum absolute atomic E-state index is 0.133. The van der Waals surface area contributed by atoms with Crippen molar-refractivity contribution < 1.29 is 19.4 Å². The highest BCUT2D eigenvalue weighted by atomic mass is 16.5. The van der Waals surface area contributed by atoms with Gasteiger partial charge < -0.3 is 19.6 Å². The highest BCUT2D eigenvalue weighted by Gasteiger charge is 2.55. The van der Waals surface area contributed by atoms with Crippen LogP contribution in [0.3, 0.4) is 0 Å². The van der Waals surface area contributed by atoms with Crippen LogP contribution >= 0.6 is 0 Å². The summed E-state index contributed by atoms with van der Waals surface area (Å²) in [6.45, 7) is 0.856. The molecule has 0 aromatic heterocycles. The summed E-state index contributed by atoms with van der Waals surface area (Å²) in [5.41, 5.74) is 1.27. The number of hydrogen-bond donors (Lipinski definition) is 1. The number of para-hydroxylation sites is 2. The number of likely N-dealkylation sites (tertiary alicyclic amines) is 1. The predicted octanol–water partition coefficient (Wildman–Crippen LogP) is 2.53. The van der Waals surface area contributed by atoms with Gasteiger partial charge in [-0.3, -0.25) is 9.59 Å². The van der Waals surface area contributed by atoms with Crippen molar-refractivity contribution in [2.45, 2.75) is 6.42 Å². The Labute approximate surface area is 164 Å². The Hall–Kier alpha value is -3.02. The Morgan fingerprint density at radius 2 is 1.86 bits per heavy atom. The second-order valence-electron chi connectivity index (χ2n) is 7.85. The molecule has 2 aromatic carbocycles. The number of amides is 1. The van der Waals surface area contributed by atoms with E-state index in [-0.39, 0.29) is 18.4 Å². The van der Waals surface area contributed by atoms with Crippen LogP contribution in [0.2, 0.25) is 0 Å². The lowest BCUT2D eigenvalue weighted by Crippen LogP contribution is -2.42. The van der Waals surface area contributed by atoms with Crippen LogP contribution in [0.25, 0.3) is 0 Å². The van der Waals surface area contributed by atoms with Crippen molar-refractivity contribution in [3.63, 3.8) is 0 Å². The molecule has 146 valence electrons. The maximum Gasteiger partial charge on any atom is 0.312 e. The topological polar surface area (TPSA) is 70.1 Å². The molecule has 6 heteroatoms. The van der Waals surface area contributed by atoms with Gasteiger partial charge in [0.15, 0.2) is 0 Å². The summed E-state index contributed by atoms with van der Waals surface area (Å²) in [5.74, 6) is -0.512. The third-order valence-electron chi connectivity index (χ3n) is 5.94. The largest absolute Gasteiger partial charge is 0.493 e. The molecular weight excluding hydrogens is 356 g/mol. The van der Waals surface area contributed by atoms with E-state index in [2.05, 4.69) is 0 Å². The summed E-state index contributed by atoms with van der Waals surface area (Å²) < 4.78 is 5.92. The molecule has 28 heavy (non-hydrogen) atoms. The molecule has 6 nitrogen and oxygen atoms in total. The van der Waals surface area contributed by atoms with Crippen molar-refractivity contribution >= 4 is 17.6 Å². The van der Waals surface area contributed by atoms with Crippen LogP contribution in [0.1, 0.15) is 15.9 Å². The molecule has 0 bridgehead atoms. The van der Waals surface area contributed by atoms with Crippen molar-refractivity contribution in [2.75, 3.05) is 38.7 Å². The van der Waals surface area contributed by atoms with Gasteiger partial charge in [0.25, 0.3) is 5.91 Å². The molecule has 2 atom stereocenters. The fourth-order valence-electron chi connectivity index (χ4n) is 4.40. The van der Waals surface area contributed by atoms with E-state index < -0.39 is 11.4 Å². The number of carboxylic acid groups (broad SMARTS) is 1. The van der Waals surface area contributed by atoms with E-state index in [1.807, 2.05) is 61.5 Å². The molecule has 1 amide bonds. The monoisotopic (exact) mass is 380 g/mol. The molecule has 0 unspecified atom stereocenters. The molecule has 0 radical (unpaired) electrons. The molecule has 1 fully saturated rings. The molecule has 1 saturated heterocycles. The van der Waals surface area contributed by atoms with Gasteiger partial charge in [0.05, 0.1) is 17.6 Å². The number of aliphatic carboxylic acids is 1. The normalized spacial score (nSPS) is 23.2. The van der Waals surface area contributed by atoms with Gasteiger partial charge in [-0.15, -0.1) is 0 Å². The zero-order chi connectivity index (χ0) is 19.9. The van der Waals surface area contributed by atoms with Gasteiger partial charge in [-0.25, -0.2) is 0 Å². The van der Waals surface area contributed by atoms with Crippen LogP contribution in [0.15, 0.2) is 48.5 Å². The van der Waals surface area contributed by atoms with E-state index in [0.29, 0.717) is 25.1 Å². The first-order valence-electron chi connectivity index (χ1n) is 9.42. The first kappa shape index (κ1) is 18.3. The quantitative estimate of drug-likeness (QED) is 0.886. The molecule has 0 spiro atoms. The number of ether oxygens (including phenoxy) is 1. The summed E-state index contributed by atoms with van der Waals surface area (Å²) in [7, 11) is 3.78. The second-order valence-corrected chi connectivity index (χ2v) is 7.85. The molecule has 1 N–H and O–H groups in total. The van der Waals surface area contributed by atoms with Crippen LogP contribution in [-0.4, -0.2) is 55.7 Å². The van der Waals surface area contributed by atoms with Crippen molar-refractivity contribution in [1.29, 1.82) is 0 Å². The maximum absolute atomic E-state index is 13.3. The van der Waals surface area contributed by atoms with Gasteiger partial charge in [-0.1, -0.05) is 30.3 Å².